The fraction of sp³-hybridized carbons (Fsp3) is 0.500. The second-order valence-corrected chi connectivity index (χ2v) is 5.49. The van der Waals surface area contributed by atoms with Crippen LogP contribution in [0.1, 0.15) is 19.5 Å². The summed E-state index contributed by atoms with van der Waals surface area (Å²) in [4.78, 5) is 26.2. The number of thiazole rings is 1. The number of anilines is 1. The molecule has 1 unspecified atom stereocenters. The Balaban J connectivity index is 2.44. The third-order valence-corrected chi connectivity index (χ3v) is 3.81. The summed E-state index contributed by atoms with van der Waals surface area (Å²) >= 11 is 2.82. The van der Waals surface area contributed by atoms with E-state index in [9.17, 15) is 9.59 Å². The molecule has 0 saturated carbocycles. The van der Waals surface area contributed by atoms with Crippen molar-refractivity contribution >= 4 is 40.1 Å². The van der Waals surface area contributed by atoms with Gasteiger partial charge in [-0.3, -0.25) is 9.59 Å². The molecule has 0 aliphatic rings. The van der Waals surface area contributed by atoms with Gasteiger partial charge in [0.25, 0.3) is 0 Å². The molecule has 0 aliphatic carbocycles. The van der Waals surface area contributed by atoms with Crippen molar-refractivity contribution in [3.05, 3.63) is 11.1 Å². The summed E-state index contributed by atoms with van der Waals surface area (Å²) < 4.78 is 4.62. The summed E-state index contributed by atoms with van der Waals surface area (Å²) in [5, 5.41) is 4.84. The van der Waals surface area contributed by atoms with E-state index in [1.807, 2.05) is 5.38 Å². The normalized spacial score (nSPS) is 11.9. The molecule has 0 bridgehead atoms. The van der Waals surface area contributed by atoms with E-state index in [2.05, 4.69) is 15.0 Å². The van der Waals surface area contributed by atoms with Crippen LogP contribution >= 0.6 is 23.1 Å². The van der Waals surface area contributed by atoms with Crippen LogP contribution in [-0.2, 0) is 20.1 Å². The zero-order valence-corrected chi connectivity index (χ0v) is 11.5. The number of nitrogens with one attached hydrogen (secondary N) is 1. The fourth-order valence-corrected chi connectivity index (χ4v) is 2.69. The number of hydrogen-bond acceptors (Lipinski definition) is 6. The van der Waals surface area contributed by atoms with E-state index in [0.29, 0.717) is 10.9 Å². The van der Waals surface area contributed by atoms with Gasteiger partial charge in [-0.05, 0) is 6.92 Å². The highest BCUT2D eigenvalue weighted by Gasteiger charge is 2.14. The topological polar surface area (TPSA) is 68.3 Å². The van der Waals surface area contributed by atoms with Crippen LogP contribution in [0.4, 0.5) is 5.13 Å². The number of ether oxygens (including phenoxy) is 1. The summed E-state index contributed by atoms with van der Waals surface area (Å²) in [5.74, 6) is 0.237. The van der Waals surface area contributed by atoms with Gasteiger partial charge in [0.05, 0.1) is 18.1 Å². The standard InChI is InChI=1S/C10H14N2O3S2/c1-6(9(14)15-3)16-4-8-5-17-10(12-8)11-7(2)13/h5-6H,4H2,1-3H3,(H,11,12,13). The van der Waals surface area contributed by atoms with Gasteiger partial charge in [-0.15, -0.1) is 23.1 Å². The molecular formula is C10H14N2O3S2. The van der Waals surface area contributed by atoms with Gasteiger partial charge in [0, 0.05) is 18.1 Å². The van der Waals surface area contributed by atoms with Crippen LogP contribution in [-0.4, -0.2) is 29.2 Å². The summed E-state index contributed by atoms with van der Waals surface area (Å²) in [6.45, 7) is 3.23. The molecule has 1 amide bonds. The van der Waals surface area contributed by atoms with E-state index in [4.69, 9.17) is 0 Å². The molecule has 0 aliphatic heterocycles. The summed E-state index contributed by atoms with van der Waals surface area (Å²) in [7, 11) is 1.37. The van der Waals surface area contributed by atoms with Crippen molar-refractivity contribution in [2.45, 2.75) is 24.9 Å². The molecule has 17 heavy (non-hydrogen) atoms. The zero-order chi connectivity index (χ0) is 12.8. The predicted molar refractivity (Wildman–Crippen MR) is 69.2 cm³/mol. The highest BCUT2D eigenvalue weighted by Crippen LogP contribution is 2.22. The van der Waals surface area contributed by atoms with Gasteiger partial charge in [-0.2, -0.15) is 0 Å². The monoisotopic (exact) mass is 274 g/mol. The summed E-state index contributed by atoms with van der Waals surface area (Å²) in [6.07, 6.45) is 0. The molecule has 7 heteroatoms. The van der Waals surface area contributed by atoms with Gasteiger partial charge >= 0.3 is 5.97 Å². The highest BCUT2D eigenvalue weighted by atomic mass is 32.2. The molecule has 1 atom stereocenters. The number of esters is 1. The van der Waals surface area contributed by atoms with E-state index in [1.54, 1.807) is 6.92 Å². The van der Waals surface area contributed by atoms with Gasteiger partial charge in [0.15, 0.2) is 5.13 Å². The van der Waals surface area contributed by atoms with Crippen LogP contribution in [0.5, 0.6) is 0 Å². The second-order valence-electron chi connectivity index (χ2n) is 3.30. The minimum atomic E-state index is -0.243. The van der Waals surface area contributed by atoms with E-state index < -0.39 is 0 Å². The Labute approximate surface area is 108 Å². The first-order chi connectivity index (χ1) is 8.02. The van der Waals surface area contributed by atoms with Crippen LogP contribution in [0.2, 0.25) is 0 Å². The lowest BCUT2D eigenvalue weighted by Crippen LogP contribution is -2.14. The second kappa shape index (κ2) is 6.61. The minimum absolute atomic E-state index is 0.138. The van der Waals surface area contributed by atoms with Crippen molar-refractivity contribution in [1.82, 2.24) is 4.98 Å². The Kier molecular flexibility index (Phi) is 5.43. The Bertz CT molecular complexity index is 406. The highest BCUT2D eigenvalue weighted by molar-refractivity contribution is 7.99. The molecule has 1 N–H and O–H groups in total. The molecule has 0 radical (unpaired) electrons. The molecule has 1 heterocycles. The van der Waals surface area contributed by atoms with Crippen LogP contribution < -0.4 is 5.32 Å². The van der Waals surface area contributed by atoms with Crippen molar-refractivity contribution in [3.63, 3.8) is 0 Å². The quantitative estimate of drug-likeness (QED) is 0.830. The first kappa shape index (κ1) is 14.0. The van der Waals surface area contributed by atoms with E-state index in [0.717, 1.165) is 5.69 Å². The van der Waals surface area contributed by atoms with Crippen molar-refractivity contribution in [3.8, 4) is 0 Å². The van der Waals surface area contributed by atoms with Crippen molar-refractivity contribution < 1.29 is 14.3 Å². The average molecular weight is 274 g/mol. The molecule has 94 valence electrons. The number of amides is 1. The summed E-state index contributed by atoms with van der Waals surface area (Å²) in [5.41, 5.74) is 0.847. The van der Waals surface area contributed by atoms with Crippen LogP contribution in [0.15, 0.2) is 5.38 Å². The number of hydrogen-bond donors (Lipinski definition) is 1. The largest absolute Gasteiger partial charge is 0.468 e. The van der Waals surface area contributed by atoms with Gasteiger partial charge in [0.2, 0.25) is 5.91 Å². The Morgan fingerprint density at radius 1 is 1.65 bits per heavy atom. The van der Waals surface area contributed by atoms with Gasteiger partial charge in [-0.1, -0.05) is 0 Å². The average Bonchev–Trinajstić information content (AvgIpc) is 2.71. The SMILES string of the molecule is COC(=O)C(C)SCc1csc(NC(C)=O)n1. The zero-order valence-electron chi connectivity index (χ0n) is 9.85. The van der Waals surface area contributed by atoms with E-state index in [-0.39, 0.29) is 17.1 Å². The molecule has 1 rings (SSSR count). The third kappa shape index (κ3) is 4.74. The fourth-order valence-electron chi connectivity index (χ4n) is 1.03. The molecule has 1 aromatic heterocycles. The van der Waals surface area contributed by atoms with Crippen LogP contribution in [0.25, 0.3) is 0 Å². The van der Waals surface area contributed by atoms with Crippen molar-refractivity contribution in [2.75, 3.05) is 12.4 Å². The molecule has 0 fully saturated rings. The number of nitrogens with zero attached hydrogens (tertiary/aromatic N) is 1. The maximum absolute atomic E-state index is 11.2. The van der Waals surface area contributed by atoms with E-state index in [1.165, 1.54) is 37.1 Å². The number of aromatic nitrogens is 1. The number of carbonyl (C=O) groups is 2. The minimum Gasteiger partial charge on any atom is -0.468 e. The maximum Gasteiger partial charge on any atom is 0.318 e. The smallest absolute Gasteiger partial charge is 0.318 e. The lowest BCUT2D eigenvalue weighted by molar-refractivity contribution is -0.139. The molecular weight excluding hydrogens is 260 g/mol. The van der Waals surface area contributed by atoms with Crippen LogP contribution in [0, 0.1) is 0 Å². The number of carbonyl (C=O) groups excluding carboxylic acids is 2. The summed E-state index contributed by atoms with van der Waals surface area (Å²) in [6, 6.07) is 0. The molecule has 0 aromatic carbocycles. The first-order valence-electron chi connectivity index (χ1n) is 4.94. The van der Waals surface area contributed by atoms with Gasteiger partial charge in [-0.25, -0.2) is 4.98 Å². The van der Waals surface area contributed by atoms with Crippen molar-refractivity contribution in [2.24, 2.45) is 0 Å². The first-order valence-corrected chi connectivity index (χ1v) is 6.87. The molecule has 5 nitrogen and oxygen atoms in total. The number of rotatable bonds is 5. The van der Waals surface area contributed by atoms with Gasteiger partial charge in [0.1, 0.15) is 0 Å². The molecule has 0 saturated heterocycles. The maximum atomic E-state index is 11.2. The van der Waals surface area contributed by atoms with Crippen LogP contribution in [0.3, 0.4) is 0 Å². The lowest BCUT2D eigenvalue weighted by atomic mass is 10.5. The Hall–Kier alpha value is -1.08. The molecule has 0 spiro atoms. The van der Waals surface area contributed by atoms with Gasteiger partial charge < -0.3 is 10.1 Å². The Morgan fingerprint density at radius 3 is 2.94 bits per heavy atom. The third-order valence-electron chi connectivity index (χ3n) is 1.85. The number of thioether (sulfide) groups is 1. The number of methoxy groups -OCH3 is 1. The lowest BCUT2D eigenvalue weighted by Gasteiger charge is -2.06. The van der Waals surface area contributed by atoms with Crippen molar-refractivity contribution in [1.29, 1.82) is 0 Å². The Morgan fingerprint density at radius 2 is 2.35 bits per heavy atom. The van der Waals surface area contributed by atoms with E-state index >= 15 is 0 Å². The molecule has 1 aromatic rings. The predicted octanol–water partition coefficient (Wildman–Crippen LogP) is 1.90.